The molecule has 18 heavy (non-hydrogen) atoms. The minimum Gasteiger partial charge on any atom is -0.399 e. The van der Waals surface area contributed by atoms with E-state index in [0.717, 1.165) is 36.2 Å². The van der Waals surface area contributed by atoms with Gasteiger partial charge in [0.1, 0.15) is 6.54 Å². The number of nitrogen functional groups attached to an aromatic ring is 1. The highest BCUT2D eigenvalue weighted by atomic mass is 15.1. The van der Waals surface area contributed by atoms with Crippen molar-refractivity contribution in [3.8, 4) is 12.1 Å². The molecule has 1 aliphatic rings. The van der Waals surface area contributed by atoms with E-state index in [-0.39, 0.29) is 6.54 Å². The molecule has 0 bridgehead atoms. The first-order valence-electron chi connectivity index (χ1n) is 5.88. The molecule has 90 valence electrons. The van der Waals surface area contributed by atoms with Crippen LogP contribution < -0.4 is 10.6 Å². The van der Waals surface area contributed by atoms with Crippen LogP contribution in [-0.4, -0.2) is 6.54 Å². The summed E-state index contributed by atoms with van der Waals surface area (Å²) in [6.45, 7) is 0.254. The molecule has 4 heteroatoms. The predicted octanol–water partition coefficient (Wildman–Crippen LogP) is 2.56. The van der Waals surface area contributed by atoms with Crippen LogP contribution in [0.3, 0.4) is 0 Å². The second kappa shape index (κ2) is 5.25. The number of anilines is 2. The number of nitriles is 2. The molecule has 2 N–H and O–H groups in total. The van der Waals surface area contributed by atoms with Crippen LogP contribution in [0.15, 0.2) is 35.5 Å². The highest BCUT2D eigenvalue weighted by Crippen LogP contribution is 2.31. The molecule has 0 aliphatic heterocycles. The van der Waals surface area contributed by atoms with Gasteiger partial charge in [0, 0.05) is 22.6 Å². The van der Waals surface area contributed by atoms with E-state index in [1.807, 2.05) is 17.0 Å². The summed E-state index contributed by atoms with van der Waals surface area (Å²) in [5.74, 6) is 0. The molecule has 0 saturated heterocycles. The Balaban J connectivity index is 2.38. The third-order valence-corrected chi connectivity index (χ3v) is 3.08. The van der Waals surface area contributed by atoms with E-state index in [1.165, 1.54) is 0 Å². The Morgan fingerprint density at radius 1 is 1.17 bits per heavy atom. The van der Waals surface area contributed by atoms with Crippen molar-refractivity contribution in [2.24, 2.45) is 0 Å². The number of rotatable bonds is 3. The monoisotopic (exact) mass is 238 g/mol. The smallest absolute Gasteiger partial charge is 0.110 e. The predicted molar refractivity (Wildman–Crippen MR) is 70.3 cm³/mol. The van der Waals surface area contributed by atoms with Crippen molar-refractivity contribution in [2.75, 3.05) is 17.2 Å². The lowest BCUT2D eigenvalue weighted by molar-refractivity contribution is 0.865. The van der Waals surface area contributed by atoms with Crippen LogP contribution in [0.25, 0.3) is 0 Å². The molecule has 0 unspecified atom stereocenters. The van der Waals surface area contributed by atoms with Gasteiger partial charge in [0.2, 0.25) is 0 Å². The van der Waals surface area contributed by atoms with Crippen LogP contribution in [0.4, 0.5) is 11.4 Å². The van der Waals surface area contributed by atoms with Gasteiger partial charge in [-0.25, -0.2) is 0 Å². The molecule has 0 aromatic heterocycles. The fourth-order valence-corrected chi connectivity index (χ4v) is 2.21. The summed E-state index contributed by atoms with van der Waals surface area (Å²) in [7, 11) is 0. The van der Waals surface area contributed by atoms with Crippen LogP contribution in [-0.2, 0) is 0 Å². The Kier molecular flexibility index (Phi) is 3.50. The number of benzene rings is 1. The normalized spacial score (nSPS) is 14.1. The fourth-order valence-electron chi connectivity index (χ4n) is 2.21. The summed E-state index contributed by atoms with van der Waals surface area (Å²) in [6, 6.07) is 11.8. The van der Waals surface area contributed by atoms with Gasteiger partial charge >= 0.3 is 0 Å². The Labute approximate surface area is 107 Å². The summed E-state index contributed by atoms with van der Waals surface area (Å²) < 4.78 is 0. The minimum atomic E-state index is 0.254. The maximum absolute atomic E-state index is 9.11. The van der Waals surface area contributed by atoms with Crippen LogP contribution in [0, 0.1) is 22.7 Å². The van der Waals surface area contributed by atoms with E-state index >= 15 is 0 Å². The van der Waals surface area contributed by atoms with Gasteiger partial charge in [-0.1, -0.05) is 0 Å². The molecular weight excluding hydrogens is 224 g/mol. The summed E-state index contributed by atoms with van der Waals surface area (Å²) in [5, 5.41) is 18.1. The number of allylic oxidation sites excluding steroid dienone is 2. The quantitative estimate of drug-likeness (QED) is 0.648. The second-order valence-corrected chi connectivity index (χ2v) is 4.23. The minimum absolute atomic E-state index is 0.254. The Morgan fingerprint density at radius 3 is 2.50 bits per heavy atom. The molecule has 0 heterocycles. The largest absolute Gasteiger partial charge is 0.399 e. The maximum atomic E-state index is 9.11. The Bertz CT molecular complexity index is 543. The SMILES string of the molecule is N#CCN(C1=C(C#N)CCC1)c1ccc(N)cc1. The van der Waals surface area contributed by atoms with E-state index in [2.05, 4.69) is 12.1 Å². The van der Waals surface area contributed by atoms with Gasteiger partial charge in [0.05, 0.1) is 12.1 Å². The molecule has 0 amide bonds. The van der Waals surface area contributed by atoms with Crippen LogP contribution in [0.5, 0.6) is 0 Å². The molecule has 1 aromatic rings. The summed E-state index contributed by atoms with van der Waals surface area (Å²) in [6.07, 6.45) is 2.65. The third-order valence-electron chi connectivity index (χ3n) is 3.08. The highest BCUT2D eigenvalue weighted by molar-refractivity contribution is 5.59. The van der Waals surface area contributed by atoms with Crippen molar-refractivity contribution in [1.82, 2.24) is 0 Å². The first kappa shape index (κ1) is 12.0. The average molecular weight is 238 g/mol. The summed E-state index contributed by atoms with van der Waals surface area (Å²) in [5.41, 5.74) is 9.03. The van der Waals surface area contributed by atoms with E-state index in [4.69, 9.17) is 16.3 Å². The van der Waals surface area contributed by atoms with Gasteiger partial charge in [-0.2, -0.15) is 10.5 Å². The first-order chi connectivity index (χ1) is 8.76. The van der Waals surface area contributed by atoms with Gasteiger partial charge in [0.15, 0.2) is 0 Å². The van der Waals surface area contributed by atoms with Gasteiger partial charge in [-0.3, -0.25) is 0 Å². The Hall–Kier alpha value is -2.46. The number of hydrogen-bond acceptors (Lipinski definition) is 4. The van der Waals surface area contributed by atoms with Crippen molar-refractivity contribution >= 4 is 11.4 Å². The van der Waals surface area contributed by atoms with Crippen molar-refractivity contribution < 1.29 is 0 Å². The van der Waals surface area contributed by atoms with Crippen molar-refractivity contribution in [3.63, 3.8) is 0 Å². The summed E-state index contributed by atoms with van der Waals surface area (Å²) >= 11 is 0. The van der Waals surface area contributed by atoms with Crippen LogP contribution >= 0.6 is 0 Å². The van der Waals surface area contributed by atoms with Crippen molar-refractivity contribution in [2.45, 2.75) is 19.3 Å². The lowest BCUT2D eigenvalue weighted by atomic mass is 10.2. The standard InChI is InChI=1S/C14H14N4/c15-8-9-18(13-6-4-12(17)5-7-13)14-3-1-2-11(14)10-16/h4-7H,1-3,9,17H2. The number of nitrogens with zero attached hydrogens (tertiary/aromatic N) is 3. The molecule has 1 aliphatic carbocycles. The molecule has 0 atom stereocenters. The zero-order valence-corrected chi connectivity index (χ0v) is 10.1. The lowest BCUT2D eigenvalue weighted by Gasteiger charge is -2.23. The van der Waals surface area contributed by atoms with Gasteiger partial charge < -0.3 is 10.6 Å². The van der Waals surface area contributed by atoms with Crippen LogP contribution in [0.2, 0.25) is 0 Å². The first-order valence-corrected chi connectivity index (χ1v) is 5.88. The van der Waals surface area contributed by atoms with Gasteiger partial charge in [-0.15, -0.1) is 0 Å². The van der Waals surface area contributed by atoms with Crippen molar-refractivity contribution in [1.29, 1.82) is 10.5 Å². The second-order valence-electron chi connectivity index (χ2n) is 4.23. The molecule has 0 spiro atoms. The zero-order valence-electron chi connectivity index (χ0n) is 10.1. The molecule has 0 saturated carbocycles. The van der Waals surface area contributed by atoms with E-state index < -0.39 is 0 Å². The van der Waals surface area contributed by atoms with Crippen LogP contribution in [0.1, 0.15) is 19.3 Å². The lowest BCUT2D eigenvalue weighted by Crippen LogP contribution is -2.22. The molecule has 4 nitrogen and oxygen atoms in total. The maximum Gasteiger partial charge on any atom is 0.110 e. The van der Waals surface area contributed by atoms with Crippen molar-refractivity contribution in [3.05, 3.63) is 35.5 Å². The molecule has 2 rings (SSSR count). The summed E-state index contributed by atoms with van der Waals surface area (Å²) in [4.78, 5) is 1.91. The fraction of sp³-hybridized carbons (Fsp3) is 0.286. The topological polar surface area (TPSA) is 76.8 Å². The third kappa shape index (κ3) is 2.28. The van der Waals surface area contributed by atoms with Gasteiger partial charge in [0.25, 0.3) is 0 Å². The Morgan fingerprint density at radius 2 is 1.89 bits per heavy atom. The number of nitrogens with two attached hydrogens (primary N) is 1. The highest BCUT2D eigenvalue weighted by Gasteiger charge is 2.21. The van der Waals surface area contributed by atoms with E-state index in [9.17, 15) is 0 Å². The number of hydrogen-bond donors (Lipinski definition) is 1. The molecular formula is C14H14N4. The molecule has 0 fully saturated rings. The molecule has 0 radical (unpaired) electrons. The van der Waals surface area contributed by atoms with E-state index in [1.54, 1.807) is 12.1 Å². The average Bonchev–Trinajstić information content (AvgIpc) is 2.85. The zero-order chi connectivity index (χ0) is 13.0. The van der Waals surface area contributed by atoms with Gasteiger partial charge in [-0.05, 0) is 43.5 Å². The van der Waals surface area contributed by atoms with E-state index in [0.29, 0.717) is 5.69 Å². The molecule has 1 aromatic carbocycles.